The normalized spacial score (nSPS) is 14.4. The third-order valence-electron chi connectivity index (χ3n) is 3.86. The van der Waals surface area contributed by atoms with Crippen molar-refractivity contribution in [2.75, 3.05) is 13.7 Å². The van der Waals surface area contributed by atoms with Crippen LogP contribution in [0.25, 0.3) is 0 Å². The maximum Gasteiger partial charge on any atom is 0.0699 e. The van der Waals surface area contributed by atoms with Crippen LogP contribution >= 0.6 is 0 Å². The van der Waals surface area contributed by atoms with E-state index in [0.29, 0.717) is 6.04 Å². The van der Waals surface area contributed by atoms with Crippen LogP contribution in [0.5, 0.6) is 0 Å². The molecule has 1 rings (SSSR count). The lowest BCUT2D eigenvalue weighted by molar-refractivity contribution is 0.0830. The van der Waals surface area contributed by atoms with E-state index in [1.54, 1.807) is 7.11 Å². The van der Waals surface area contributed by atoms with Gasteiger partial charge in [0.2, 0.25) is 0 Å². The third kappa shape index (κ3) is 4.63. The first-order valence-electron chi connectivity index (χ1n) is 7.32. The van der Waals surface area contributed by atoms with Crippen LogP contribution in [0.1, 0.15) is 42.5 Å². The second-order valence-corrected chi connectivity index (χ2v) is 5.58. The summed E-state index contributed by atoms with van der Waals surface area (Å²) in [4.78, 5) is 0. The van der Waals surface area contributed by atoms with Gasteiger partial charge in [-0.25, -0.2) is 0 Å². The van der Waals surface area contributed by atoms with Gasteiger partial charge >= 0.3 is 0 Å². The van der Waals surface area contributed by atoms with E-state index in [1.807, 2.05) is 0 Å². The lowest BCUT2D eigenvalue weighted by Gasteiger charge is -2.26. The minimum absolute atomic E-state index is 0.228. The van der Waals surface area contributed by atoms with Crippen LogP contribution < -0.4 is 5.32 Å². The second kappa shape index (κ2) is 7.66. The number of nitrogens with one attached hydrogen (secondary N) is 1. The van der Waals surface area contributed by atoms with E-state index in [0.717, 1.165) is 19.4 Å². The van der Waals surface area contributed by atoms with Crippen molar-refractivity contribution in [1.29, 1.82) is 0 Å². The number of methoxy groups -OCH3 is 1. The second-order valence-electron chi connectivity index (χ2n) is 5.58. The first kappa shape index (κ1) is 16.2. The Morgan fingerprint density at radius 1 is 1.16 bits per heavy atom. The zero-order valence-electron chi connectivity index (χ0n) is 13.3. The SMILES string of the molecule is CCCNC(Cc1c(C)cc(C)cc1C)C(C)OC. The fourth-order valence-electron chi connectivity index (χ4n) is 2.65. The highest BCUT2D eigenvalue weighted by atomic mass is 16.5. The third-order valence-corrected chi connectivity index (χ3v) is 3.86. The van der Waals surface area contributed by atoms with E-state index in [4.69, 9.17) is 4.74 Å². The van der Waals surface area contributed by atoms with Crippen molar-refractivity contribution in [3.8, 4) is 0 Å². The highest BCUT2D eigenvalue weighted by Crippen LogP contribution is 2.19. The van der Waals surface area contributed by atoms with Gasteiger partial charge in [0.1, 0.15) is 0 Å². The molecule has 0 radical (unpaired) electrons. The molecule has 2 heteroatoms. The lowest BCUT2D eigenvalue weighted by Crippen LogP contribution is -2.41. The Morgan fingerprint density at radius 3 is 2.21 bits per heavy atom. The van der Waals surface area contributed by atoms with Crippen molar-refractivity contribution in [3.05, 3.63) is 34.4 Å². The van der Waals surface area contributed by atoms with Gasteiger partial charge in [0.15, 0.2) is 0 Å². The zero-order chi connectivity index (χ0) is 14.4. The van der Waals surface area contributed by atoms with E-state index in [2.05, 4.69) is 52.1 Å². The largest absolute Gasteiger partial charge is 0.380 e. The predicted molar refractivity (Wildman–Crippen MR) is 82.9 cm³/mol. The van der Waals surface area contributed by atoms with Crippen molar-refractivity contribution in [2.45, 2.75) is 59.6 Å². The van der Waals surface area contributed by atoms with E-state index in [-0.39, 0.29) is 6.10 Å². The first-order chi connectivity index (χ1) is 8.99. The van der Waals surface area contributed by atoms with Crippen molar-refractivity contribution >= 4 is 0 Å². The van der Waals surface area contributed by atoms with Crippen molar-refractivity contribution in [1.82, 2.24) is 5.32 Å². The number of aryl methyl sites for hydroxylation is 3. The molecule has 0 aliphatic heterocycles. The van der Waals surface area contributed by atoms with Crippen LogP contribution in [0.3, 0.4) is 0 Å². The van der Waals surface area contributed by atoms with Crippen LogP contribution in [-0.4, -0.2) is 25.8 Å². The molecule has 0 aliphatic rings. The molecule has 0 amide bonds. The highest BCUT2D eigenvalue weighted by Gasteiger charge is 2.18. The van der Waals surface area contributed by atoms with Gasteiger partial charge in [-0.3, -0.25) is 0 Å². The van der Waals surface area contributed by atoms with Crippen LogP contribution in [0.2, 0.25) is 0 Å². The smallest absolute Gasteiger partial charge is 0.0699 e. The Balaban J connectivity index is 2.89. The first-order valence-corrected chi connectivity index (χ1v) is 7.32. The molecule has 0 aliphatic carbocycles. The molecule has 108 valence electrons. The molecular weight excluding hydrogens is 234 g/mol. The molecule has 0 spiro atoms. The van der Waals surface area contributed by atoms with Crippen LogP contribution in [0.15, 0.2) is 12.1 Å². The summed E-state index contributed by atoms with van der Waals surface area (Å²) >= 11 is 0. The zero-order valence-corrected chi connectivity index (χ0v) is 13.3. The highest BCUT2D eigenvalue weighted by molar-refractivity contribution is 5.38. The number of hydrogen-bond acceptors (Lipinski definition) is 2. The Labute approximate surface area is 118 Å². The summed E-state index contributed by atoms with van der Waals surface area (Å²) in [5.41, 5.74) is 5.59. The summed E-state index contributed by atoms with van der Waals surface area (Å²) in [7, 11) is 1.79. The molecular formula is C17H29NO. The standard InChI is InChI=1S/C17H29NO/c1-7-8-18-17(15(5)19-6)11-16-13(3)9-12(2)10-14(16)4/h9-10,15,17-18H,7-8,11H2,1-6H3. The Bertz CT molecular complexity index is 377. The summed E-state index contributed by atoms with van der Waals surface area (Å²) in [5.74, 6) is 0. The van der Waals surface area contributed by atoms with Crippen molar-refractivity contribution in [3.63, 3.8) is 0 Å². The van der Waals surface area contributed by atoms with Crippen molar-refractivity contribution in [2.24, 2.45) is 0 Å². The predicted octanol–water partition coefficient (Wildman–Crippen LogP) is 3.56. The van der Waals surface area contributed by atoms with E-state index in [9.17, 15) is 0 Å². The maximum atomic E-state index is 5.52. The molecule has 0 saturated heterocycles. The minimum atomic E-state index is 0.228. The number of ether oxygens (including phenoxy) is 1. The summed E-state index contributed by atoms with van der Waals surface area (Å²) in [5, 5.41) is 3.61. The van der Waals surface area contributed by atoms with Gasteiger partial charge in [0.05, 0.1) is 6.10 Å². The van der Waals surface area contributed by atoms with Gasteiger partial charge in [0.25, 0.3) is 0 Å². The van der Waals surface area contributed by atoms with Gasteiger partial charge in [-0.2, -0.15) is 0 Å². The molecule has 2 nitrogen and oxygen atoms in total. The van der Waals surface area contributed by atoms with Crippen molar-refractivity contribution < 1.29 is 4.74 Å². The Hall–Kier alpha value is -0.860. The molecule has 0 heterocycles. The molecule has 1 aromatic carbocycles. The number of rotatable bonds is 7. The quantitative estimate of drug-likeness (QED) is 0.812. The molecule has 2 unspecified atom stereocenters. The molecule has 0 fully saturated rings. The van der Waals surface area contributed by atoms with Gasteiger partial charge in [-0.1, -0.05) is 24.6 Å². The number of benzene rings is 1. The molecule has 0 saturated carbocycles. The summed E-state index contributed by atoms with van der Waals surface area (Å²) in [6.07, 6.45) is 2.41. The average Bonchev–Trinajstić information content (AvgIpc) is 2.36. The van der Waals surface area contributed by atoms with Gasteiger partial charge < -0.3 is 10.1 Å². The summed E-state index contributed by atoms with van der Waals surface area (Å²) in [6, 6.07) is 4.93. The number of hydrogen-bond donors (Lipinski definition) is 1. The summed E-state index contributed by atoms with van der Waals surface area (Å²) in [6.45, 7) is 12.0. The van der Waals surface area contributed by atoms with E-state index < -0.39 is 0 Å². The average molecular weight is 263 g/mol. The molecule has 19 heavy (non-hydrogen) atoms. The summed E-state index contributed by atoms with van der Waals surface area (Å²) < 4.78 is 5.52. The van der Waals surface area contributed by atoms with Gasteiger partial charge in [0, 0.05) is 13.2 Å². The Morgan fingerprint density at radius 2 is 1.74 bits per heavy atom. The maximum absolute atomic E-state index is 5.52. The molecule has 1 N–H and O–H groups in total. The topological polar surface area (TPSA) is 21.3 Å². The van der Waals surface area contributed by atoms with Crippen LogP contribution in [0, 0.1) is 20.8 Å². The minimum Gasteiger partial charge on any atom is -0.380 e. The molecule has 2 atom stereocenters. The van der Waals surface area contributed by atoms with E-state index >= 15 is 0 Å². The fourth-order valence-corrected chi connectivity index (χ4v) is 2.65. The fraction of sp³-hybridized carbons (Fsp3) is 0.647. The molecule has 1 aromatic rings. The van der Waals surface area contributed by atoms with Crippen LogP contribution in [0.4, 0.5) is 0 Å². The van der Waals surface area contributed by atoms with E-state index in [1.165, 1.54) is 22.3 Å². The lowest BCUT2D eigenvalue weighted by atomic mass is 9.92. The van der Waals surface area contributed by atoms with Gasteiger partial charge in [-0.05, 0) is 63.8 Å². The molecule has 0 aromatic heterocycles. The Kier molecular flexibility index (Phi) is 6.53. The van der Waals surface area contributed by atoms with Gasteiger partial charge in [-0.15, -0.1) is 0 Å². The van der Waals surface area contributed by atoms with Crippen LogP contribution in [-0.2, 0) is 11.2 Å². The monoisotopic (exact) mass is 263 g/mol. The molecule has 0 bridgehead atoms.